The highest BCUT2D eigenvalue weighted by Crippen LogP contribution is 2.35. The minimum absolute atomic E-state index is 0.0340. The predicted octanol–water partition coefficient (Wildman–Crippen LogP) is 7.01. The summed E-state index contributed by atoms with van der Waals surface area (Å²) in [6, 6.07) is 15.3. The number of aromatic nitrogens is 3. The van der Waals surface area contributed by atoms with Crippen LogP contribution >= 0.6 is 11.6 Å². The van der Waals surface area contributed by atoms with Crippen molar-refractivity contribution in [3.05, 3.63) is 93.8 Å². The molecule has 0 atom stereocenters. The summed E-state index contributed by atoms with van der Waals surface area (Å²) in [6.45, 7) is 8.95. The second kappa shape index (κ2) is 11.1. The summed E-state index contributed by atoms with van der Waals surface area (Å²) in [5.41, 5.74) is 2.08. The smallest absolute Gasteiger partial charge is 0.254 e. The Balaban J connectivity index is 1.45. The quantitative estimate of drug-likeness (QED) is 0.213. The van der Waals surface area contributed by atoms with Crippen LogP contribution in [0.3, 0.4) is 0 Å². The molecule has 2 heterocycles. The van der Waals surface area contributed by atoms with Gasteiger partial charge in [0.05, 0.1) is 7.11 Å². The molecule has 7 nitrogen and oxygen atoms in total. The first kappa shape index (κ1) is 28.5. The molecule has 0 unspecified atom stereocenters. The number of carbonyl (C=O) groups excluding carboxylic acids is 1. The van der Waals surface area contributed by atoms with E-state index in [1.54, 1.807) is 25.9 Å². The van der Waals surface area contributed by atoms with Crippen LogP contribution in [-0.4, -0.2) is 32.7 Å². The first-order valence-corrected chi connectivity index (χ1v) is 13.7. The summed E-state index contributed by atoms with van der Waals surface area (Å²) in [6.07, 6.45) is 0. The van der Waals surface area contributed by atoms with E-state index in [2.05, 4.69) is 24.0 Å². The number of amides is 1. The fourth-order valence-corrected chi connectivity index (χ4v) is 5.22. The lowest BCUT2D eigenvalue weighted by Gasteiger charge is -2.27. The number of halogens is 3. The third kappa shape index (κ3) is 5.77. The zero-order chi connectivity index (χ0) is 29.5. The third-order valence-electron chi connectivity index (χ3n) is 6.93. The molecule has 3 aromatic carbocycles. The minimum atomic E-state index is -1.24. The maximum Gasteiger partial charge on any atom is 0.254 e. The van der Waals surface area contributed by atoms with Crippen molar-refractivity contribution in [3.8, 4) is 22.9 Å². The van der Waals surface area contributed by atoms with E-state index in [0.29, 0.717) is 36.8 Å². The van der Waals surface area contributed by atoms with E-state index >= 15 is 0 Å². The van der Waals surface area contributed by atoms with E-state index < -0.39 is 23.0 Å². The molecular weight excluding hydrogens is 550 g/mol. The molecule has 0 radical (unpaired) electrons. The van der Waals surface area contributed by atoms with Crippen molar-refractivity contribution in [2.24, 2.45) is 5.92 Å². The van der Waals surface area contributed by atoms with Gasteiger partial charge >= 0.3 is 0 Å². The molecule has 5 rings (SSSR count). The van der Waals surface area contributed by atoms with Gasteiger partial charge < -0.3 is 18.9 Å². The monoisotopic (exact) mass is 580 g/mol. The van der Waals surface area contributed by atoms with Crippen LogP contribution in [0, 0.1) is 17.6 Å². The van der Waals surface area contributed by atoms with Gasteiger partial charge in [-0.15, -0.1) is 10.2 Å². The van der Waals surface area contributed by atoms with Crippen LogP contribution in [0.1, 0.15) is 55.0 Å². The van der Waals surface area contributed by atoms with E-state index in [-0.39, 0.29) is 16.8 Å². The highest BCUT2D eigenvalue weighted by atomic mass is 35.5. The Morgan fingerprint density at radius 2 is 1.71 bits per heavy atom. The maximum atomic E-state index is 14.6. The number of nitrogens with zero attached hydrogens (tertiary/aromatic N) is 4. The molecular formula is C31H31ClF2N4O3. The van der Waals surface area contributed by atoms with Gasteiger partial charge in [-0.05, 0) is 67.3 Å². The van der Waals surface area contributed by atoms with E-state index in [0.717, 1.165) is 34.6 Å². The number of benzene rings is 3. The molecule has 0 saturated heterocycles. The number of ether oxygens (including phenoxy) is 2. The summed E-state index contributed by atoms with van der Waals surface area (Å²) in [5.74, 6) is -0.419. The van der Waals surface area contributed by atoms with Crippen LogP contribution in [0.2, 0.25) is 5.02 Å². The normalized spacial score (nSPS) is 13.2. The van der Waals surface area contributed by atoms with E-state index in [1.165, 1.54) is 0 Å². The van der Waals surface area contributed by atoms with Crippen molar-refractivity contribution >= 4 is 17.5 Å². The summed E-state index contributed by atoms with van der Waals surface area (Å²) < 4.78 is 42.1. The first-order valence-electron chi connectivity index (χ1n) is 13.3. The van der Waals surface area contributed by atoms with E-state index in [4.69, 9.17) is 21.1 Å². The van der Waals surface area contributed by atoms with E-state index in [1.807, 2.05) is 47.0 Å². The number of fused-ring (bicyclic) bond motifs is 1. The largest absolute Gasteiger partial charge is 0.497 e. The lowest BCUT2D eigenvalue weighted by Crippen LogP contribution is -2.31. The van der Waals surface area contributed by atoms with Gasteiger partial charge in [0, 0.05) is 35.8 Å². The number of methoxy groups -OCH3 is 1. The molecule has 0 saturated carbocycles. The van der Waals surface area contributed by atoms with Gasteiger partial charge in [0.1, 0.15) is 5.75 Å². The first-order chi connectivity index (χ1) is 19.5. The Kier molecular flexibility index (Phi) is 7.74. The Morgan fingerprint density at radius 3 is 2.34 bits per heavy atom. The second-order valence-corrected chi connectivity index (χ2v) is 11.5. The highest BCUT2D eigenvalue weighted by Gasteiger charge is 2.34. The average Bonchev–Trinajstić information content (AvgIpc) is 3.47. The van der Waals surface area contributed by atoms with Gasteiger partial charge in [0.25, 0.3) is 5.91 Å². The topological polar surface area (TPSA) is 69.5 Å². The average molecular weight is 581 g/mol. The zero-order valence-corrected chi connectivity index (χ0v) is 24.3. The molecule has 0 spiro atoms. The molecule has 41 heavy (non-hydrogen) atoms. The van der Waals surface area contributed by atoms with Crippen LogP contribution in [-0.2, 0) is 25.2 Å². The summed E-state index contributed by atoms with van der Waals surface area (Å²) >= 11 is 5.78. The number of carbonyl (C=O) groups is 1. The van der Waals surface area contributed by atoms with Crippen molar-refractivity contribution < 1.29 is 23.0 Å². The molecule has 4 aromatic rings. The van der Waals surface area contributed by atoms with Gasteiger partial charge in [-0.25, -0.2) is 8.78 Å². The molecule has 1 amide bonds. The van der Waals surface area contributed by atoms with Crippen LogP contribution in [0.15, 0.2) is 54.6 Å². The van der Waals surface area contributed by atoms with Gasteiger partial charge in [0.15, 0.2) is 34.6 Å². The van der Waals surface area contributed by atoms with Crippen LogP contribution in [0.4, 0.5) is 8.78 Å². The number of hydrogen-bond donors (Lipinski definition) is 0. The Morgan fingerprint density at radius 1 is 1.02 bits per heavy atom. The third-order valence-corrected chi connectivity index (χ3v) is 7.15. The number of hydrogen-bond acceptors (Lipinski definition) is 5. The predicted molar refractivity (Wildman–Crippen MR) is 152 cm³/mol. The highest BCUT2D eigenvalue weighted by molar-refractivity contribution is 6.30. The minimum Gasteiger partial charge on any atom is -0.497 e. The lowest BCUT2D eigenvalue weighted by molar-refractivity contribution is 0.0766. The van der Waals surface area contributed by atoms with Crippen molar-refractivity contribution in [1.29, 1.82) is 0 Å². The van der Waals surface area contributed by atoms with Crippen molar-refractivity contribution in [2.45, 2.75) is 52.9 Å². The van der Waals surface area contributed by atoms with Crippen LogP contribution in [0.5, 0.6) is 11.5 Å². The van der Waals surface area contributed by atoms with Crippen LogP contribution in [0.25, 0.3) is 11.4 Å². The number of rotatable bonds is 9. The molecule has 0 N–H and O–H groups in total. The molecule has 10 heteroatoms. The Bertz CT molecular complexity index is 1580. The molecule has 1 aliphatic heterocycles. The fourth-order valence-electron chi connectivity index (χ4n) is 5.03. The van der Waals surface area contributed by atoms with Crippen molar-refractivity contribution in [3.63, 3.8) is 0 Å². The van der Waals surface area contributed by atoms with Gasteiger partial charge in [-0.3, -0.25) is 4.79 Å². The lowest BCUT2D eigenvalue weighted by atomic mass is 10.0. The summed E-state index contributed by atoms with van der Waals surface area (Å²) in [5, 5.41) is 8.82. The standard InChI is InChI=1S/C31H31ClF2N4O3/c1-18(2)15-38-28(35-36-30(38)31(3,4)41-27-25(33)13-22(32)14-26(27)34)20-8-11-24-21(12-20)17-37(29(24)39)16-19-6-9-23(40-5)10-7-19/h6-14,18H,15-17H2,1-5H3. The molecule has 1 aliphatic rings. The molecule has 0 aliphatic carbocycles. The summed E-state index contributed by atoms with van der Waals surface area (Å²) in [7, 11) is 1.62. The maximum absolute atomic E-state index is 14.6. The van der Waals surface area contributed by atoms with E-state index in [9.17, 15) is 13.6 Å². The summed E-state index contributed by atoms with van der Waals surface area (Å²) in [4.78, 5) is 14.9. The SMILES string of the molecule is COc1ccc(CN2Cc3cc(-c4nnc(C(C)(C)Oc5c(F)cc(Cl)cc5F)n4CC(C)C)ccc3C2=O)cc1. The molecule has 1 aromatic heterocycles. The van der Waals surface area contributed by atoms with Gasteiger partial charge in [-0.1, -0.05) is 43.6 Å². The zero-order valence-electron chi connectivity index (χ0n) is 23.5. The van der Waals surface area contributed by atoms with Crippen molar-refractivity contribution in [1.82, 2.24) is 19.7 Å². The van der Waals surface area contributed by atoms with Crippen LogP contribution < -0.4 is 9.47 Å². The molecule has 0 bridgehead atoms. The van der Waals surface area contributed by atoms with Gasteiger partial charge in [0.2, 0.25) is 0 Å². The fraction of sp³-hybridized carbons (Fsp3) is 0.323. The van der Waals surface area contributed by atoms with Gasteiger partial charge in [-0.2, -0.15) is 0 Å². The second-order valence-electron chi connectivity index (χ2n) is 11.0. The Labute approximate surface area is 242 Å². The Hall–Kier alpha value is -3.98. The van der Waals surface area contributed by atoms with Crippen molar-refractivity contribution in [2.75, 3.05) is 7.11 Å². The molecule has 0 fully saturated rings. The molecule has 214 valence electrons.